The van der Waals surface area contributed by atoms with Crippen molar-refractivity contribution in [3.8, 4) is 12.1 Å². The highest BCUT2D eigenvalue weighted by Gasteiger charge is 2.24. The number of ether oxygens (including phenoxy) is 2. The van der Waals surface area contributed by atoms with Crippen molar-refractivity contribution in [2.24, 2.45) is 5.92 Å². The van der Waals surface area contributed by atoms with Gasteiger partial charge in [0.1, 0.15) is 5.60 Å². The molecule has 1 amide bonds. The molecule has 0 saturated heterocycles. The normalized spacial score (nSPS) is 11.9. The molecule has 0 bridgehead atoms. The van der Waals surface area contributed by atoms with Gasteiger partial charge in [-0.15, -0.1) is 6.58 Å². The van der Waals surface area contributed by atoms with E-state index >= 15 is 0 Å². The van der Waals surface area contributed by atoms with Gasteiger partial charge in [0.15, 0.2) is 0 Å². The molecule has 0 heterocycles. The van der Waals surface area contributed by atoms with E-state index < -0.39 is 11.7 Å². The maximum absolute atomic E-state index is 12.3. The quantitative estimate of drug-likeness (QED) is 0.425. The maximum atomic E-state index is 12.3. The van der Waals surface area contributed by atoms with Crippen LogP contribution in [-0.4, -0.2) is 42.9 Å². The first-order chi connectivity index (χ1) is 11.3. The van der Waals surface area contributed by atoms with E-state index in [2.05, 4.69) is 18.7 Å². The van der Waals surface area contributed by atoms with E-state index in [-0.39, 0.29) is 5.92 Å². The zero-order valence-electron chi connectivity index (χ0n) is 15.1. The Morgan fingerprint density at radius 2 is 2.04 bits per heavy atom. The zero-order valence-corrected chi connectivity index (χ0v) is 15.1. The summed E-state index contributed by atoms with van der Waals surface area (Å²) < 4.78 is 10.7. The van der Waals surface area contributed by atoms with Gasteiger partial charge in [-0.25, -0.2) is 4.79 Å². The summed E-state index contributed by atoms with van der Waals surface area (Å²) in [6.07, 6.45) is 3.56. The summed E-state index contributed by atoms with van der Waals surface area (Å²) in [5.74, 6) is -0.285. The summed E-state index contributed by atoms with van der Waals surface area (Å²) >= 11 is 0. The van der Waals surface area contributed by atoms with Crippen molar-refractivity contribution in [1.29, 1.82) is 10.5 Å². The molecule has 0 radical (unpaired) electrons. The monoisotopic (exact) mass is 335 g/mol. The molecule has 0 aliphatic heterocycles. The van der Waals surface area contributed by atoms with E-state index in [1.807, 2.05) is 0 Å². The summed E-state index contributed by atoms with van der Waals surface area (Å²) in [6.45, 7) is 10.8. The number of unbranched alkanes of at least 4 members (excludes halogenated alkanes) is 1. The van der Waals surface area contributed by atoms with Crippen molar-refractivity contribution in [3.63, 3.8) is 0 Å². The first-order valence-corrected chi connectivity index (χ1v) is 8.27. The summed E-state index contributed by atoms with van der Waals surface area (Å²) in [6, 6.07) is 4.30. The van der Waals surface area contributed by atoms with E-state index in [1.165, 1.54) is 4.90 Å². The van der Waals surface area contributed by atoms with Crippen molar-refractivity contribution in [3.05, 3.63) is 12.7 Å². The number of nitriles is 2. The van der Waals surface area contributed by atoms with Gasteiger partial charge in [0.25, 0.3) is 0 Å². The van der Waals surface area contributed by atoms with Crippen molar-refractivity contribution < 1.29 is 14.3 Å². The Labute approximate surface area is 145 Å². The molecule has 0 aromatic rings. The molecule has 0 fully saturated rings. The minimum absolute atomic E-state index is 0.285. The molecular formula is C18H29N3O3. The Bertz CT molecular complexity index is 458. The lowest BCUT2D eigenvalue weighted by molar-refractivity contribution is 0.0227. The van der Waals surface area contributed by atoms with Gasteiger partial charge in [0.05, 0.1) is 24.7 Å². The highest BCUT2D eigenvalue weighted by atomic mass is 16.6. The lowest BCUT2D eigenvalue weighted by Crippen LogP contribution is -2.40. The van der Waals surface area contributed by atoms with E-state index in [0.717, 1.165) is 6.42 Å². The number of amides is 1. The van der Waals surface area contributed by atoms with E-state index in [4.69, 9.17) is 14.7 Å². The average Bonchev–Trinajstić information content (AvgIpc) is 2.50. The maximum Gasteiger partial charge on any atom is 0.410 e. The van der Waals surface area contributed by atoms with Crippen molar-refractivity contribution in [2.75, 3.05) is 26.3 Å². The molecule has 0 aliphatic carbocycles. The van der Waals surface area contributed by atoms with Gasteiger partial charge in [0, 0.05) is 26.1 Å². The van der Waals surface area contributed by atoms with Gasteiger partial charge < -0.3 is 14.4 Å². The molecule has 134 valence electrons. The van der Waals surface area contributed by atoms with Gasteiger partial charge in [-0.3, -0.25) is 0 Å². The van der Waals surface area contributed by atoms with Gasteiger partial charge in [-0.2, -0.15) is 10.5 Å². The lowest BCUT2D eigenvalue weighted by atomic mass is 10.0. The van der Waals surface area contributed by atoms with E-state index in [9.17, 15) is 10.1 Å². The highest BCUT2D eigenvalue weighted by molar-refractivity contribution is 5.68. The van der Waals surface area contributed by atoms with Crippen LogP contribution in [0.25, 0.3) is 0 Å². The van der Waals surface area contributed by atoms with Crippen molar-refractivity contribution in [1.82, 2.24) is 4.90 Å². The van der Waals surface area contributed by atoms with Crippen LogP contribution in [0.2, 0.25) is 0 Å². The third-order valence-corrected chi connectivity index (χ3v) is 3.07. The van der Waals surface area contributed by atoms with Gasteiger partial charge >= 0.3 is 6.09 Å². The average molecular weight is 335 g/mol. The van der Waals surface area contributed by atoms with Gasteiger partial charge in [-0.05, 0) is 40.0 Å². The predicted molar refractivity (Wildman–Crippen MR) is 92.0 cm³/mol. The second kappa shape index (κ2) is 12.4. The second-order valence-electron chi connectivity index (χ2n) is 6.52. The molecule has 6 nitrogen and oxygen atoms in total. The van der Waals surface area contributed by atoms with Crippen LogP contribution >= 0.6 is 0 Å². The van der Waals surface area contributed by atoms with Crippen LogP contribution in [0.4, 0.5) is 4.79 Å². The van der Waals surface area contributed by atoms with Gasteiger partial charge in [0.2, 0.25) is 0 Å². The predicted octanol–water partition coefficient (Wildman–Crippen LogP) is 3.65. The van der Waals surface area contributed by atoms with Crippen LogP contribution < -0.4 is 0 Å². The second-order valence-corrected chi connectivity index (χ2v) is 6.52. The summed E-state index contributed by atoms with van der Waals surface area (Å²) in [5, 5.41) is 18.0. The first-order valence-electron chi connectivity index (χ1n) is 8.27. The molecule has 0 N–H and O–H groups in total. The fraction of sp³-hybridized carbons (Fsp3) is 0.722. The Kier molecular flexibility index (Phi) is 11.3. The standard InChI is InChI=1S/C18H29N3O3/c1-5-12-23-13-8-9-16(14-20)15-21(11-7-6-10-19)17(22)24-18(2,3)4/h5,16H,1,6-9,11-13,15H2,2-4H3. The number of nitrogens with zero attached hydrogens (tertiary/aromatic N) is 3. The first kappa shape index (κ1) is 21.9. The minimum Gasteiger partial charge on any atom is -0.444 e. The fourth-order valence-electron chi connectivity index (χ4n) is 1.99. The topological polar surface area (TPSA) is 86.4 Å². The molecule has 0 aromatic heterocycles. The largest absolute Gasteiger partial charge is 0.444 e. The fourth-order valence-corrected chi connectivity index (χ4v) is 1.99. The molecule has 0 saturated carbocycles. The molecule has 0 rings (SSSR count). The molecule has 24 heavy (non-hydrogen) atoms. The molecule has 0 aliphatic rings. The number of carbonyl (C=O) groups is 1. The van der Waals surface area contributed by atoms with Crippen LogP contribution in [-0.2, 0) is 9.47 Å². The summed E-state index contributed by atoms with van der Waals surface area (Å²) in [7, 11) is 0. The minimum atomic E-state index is -0.592. The summed E-state index contributed by atoms with van der Waals surface area (Å²) in [4.78, 5) is 13.8. The number of carbonyl (C=O) groups excluding carboxylic acids is 1. The Hall–Kier alpha value is -2.05. The number of rotatable bonds is 11. The molecule has 6 heteroatoms. The van der Waals surface area contributed by atoms with Crippen LogP contribution in [0.1, 0.15) is 46.5 Å². The van der Waals surface area contributed by atoms with Crippen molar-refractivity contribution in [2.45, 2.75) is 52.1 Å². The van der Waals surface area contributed by atoms with Crippen LogP contribution in [0.5, 0.6) is 0 Å². The summed E-state index contributed by atoms with van der Waals surface area (Å²) in [5.41, 5.74) is -0.592. The smallest absolute Gasteiger partial charge is 0.410 e. The van der Waals surface area contributed by atoms with Crippen molar-refractivity contribution >= 4 is 6.09 Å². The Morgan fingerprint density at radius 3 is 2.58 bits per heavy atom. The molecule has 0 aromatic carbocycles. The molecular weight excluding hydrogens is 306 g/mol. The SMILES string of the molecule is C=CCOCCCC(C#N)CN(CCCC#N)C(=O)OC(C)(C)C. The third kappa shape index (κ3) is 11.5. The number of hydrogen-bond acceptors (Lipinski definition) is 5. The number of hydrogen-bond donors (Lipinski definition) is 0. The van der Waals surface area contributed by atoms with Crippen LogP contribution in [0.15, 0.2) is 12.7 Å². The Balaban J connectivity index is 4.57. The molecule has 1 unspecified atom stereocenters. The highest BCUT2D eigenvalue weighted by Crippen LogP contribution is 2.14. The Morgan fingerprint density at radius 1 is 1.33 bits per heavy atom. The lowest BCUT2D eigenvalue weighted by Gasteiger charge is -2.28. The molecule has 0 spiro atoms. The van der Waals surface area contributed by atoms with Crippen LogP contribution in [0.3, 0.4) is 0 Å². The van der Waals surface area contributed by atoms with Crippen LogP contribution in [0, 0.1) is 28.6 Å². The van der Waals surface area contributed by atoms with E-state index in [0.29, 0.717) is 45.6 Å². The zero-order chi connectivity index (χ0) is 18.4. The van der Waals surface area contributed by atoms with E-state index in [1.54, 1.807) is 26.8 Å². The molecule has 1 atom stereocenters. The van der Waals surface area contributed by atoms with Gasteiger partial charge in [-0.1, -0.05) is 6.08 Å². The third-order valence-electron chi connectivity index (χ3n) is 3.07.